The van der Waals surface area contributed by atoms with Crippen LogP contribution in [0, 0.1) is 5.82 Å². The molecule has 1 amide bonds. The maximum Gasteiger partial charge on any atom is 0.288 e. The van der Waals surface area contributed by atoms with Crippen molar-refractivity contribution in [3.63, 3.8) is 0 Å². The highest BCUT2D eigenvalue weighted by atomic mass is 19.1. The normalized spacial score (nSPS) is 18.5. The minimum Gasteiger partial charge on any atom is -0.375 e. The van der Waals surface area contributed by atoms with Crippen LogP contribution in [0.3, 0.4) is 0 Å². The second-order valence-corrected chi connectivity index (χ2v) is 5.70. The Labute approximate surface area is 139 Å². The Morgan fingerprint density at radius 1 is 1.46 bits per heavy atom. The molecule has 0 aliphatic carbocycles. The molecule has 1 fully saturated rings. The van der Waals surface area contributed by atoms with E-state index in [1.165, 1.54) is 12.4 Å². The quantitative estimate of drug-likeness (QED) is 0.823. The van der Waals surface area contributed by atoms with Crippen molar-refractivity contribution in [3.05, 3.63) is 47.8 Å². The molecule has 2 aromatic rings. The van der Waals surface area contributed by atoms with Crippen molar-refractivity contribution in [3.8, 4) is 0 Å². The third-order valence-electron chi connectivity index (χ3n) is 3.96. The van der Waals surface area contributed by atoms with E-state index >= 15 is 0 Å². The van der Waals surface area contributed by atoms with Gasteiger partial charge in [-0.3, -0.25) is 14.8 Å². The number of carbonyl (C=O) groups is 1. The summed E-state index contributed by atoms with van der Waals surface area (Å²) < 4.78 is 19.5. The van der Waals surface area contributed by atoms with Crippen LogP contribution in [0.15, 0.2) is 30.6 Å². The number of ether oxygens (including phenoxy) is 1. The summed E-state index contributed by atoms with van der Waals surface area (Å²) in [6, 6.07) is 6.82. The summed E-state index contributed by atoms with van der Waals surface area (Å²) in [6.45, 7) is 3.14. The zero-order chi connectivity index (χ0) is 16.8. The molecule has 0 radical (unpaired) electrons. The summed E-state index contributed by atoms with van der Waals surface area (Å²) in [5, 5.41) is 8.93. The predicted molar refractivity (Wildman–Crippen MR) is 84.7 cm³/mol. The minimum atomic E-state index is -0.286. The van der Waals surface area contributed by atoms with E-state index in [0.29, 0.717) is 38.2 Å². The molecular formula is C16H20FN5O2. The van der Waals surface area contributed by atoms with Gasteiger partial charge in [0.1, 0.15) is 12.1 Å². The zero-order valence-electron chi connectivity index (χ0n) is 13.2. The molecule has 1 aromatic carbocycles. The number of hydrogen-bond donors (Lipinski definition) is 2. The number of aromatic nitrogens is 3. The lowest BCUT2D eigenvalue weighted by atomic mass is 10.1. The van der Waals surface area contributed by atoms with Crippen LogP contribution >= 0.6 is 0 Å². The molecular weight excluding hydrogens is 313 g/mol. The second-order valence-electron chi connectivity index (χ2n) is 5.70. The number of hydrogen-bond acceptors (Lipinski definition) is 5. The van der Waals surface area contributed by atoms with Gasteiger partial charge in [-0.25, -0.2) is 9.37 Å². The van der Waals surface area contributed by atoms with Crippen LogP contribution in [-0.4, -0.2) is 58.3 Å². The number of nitrogens with zero attached hydrogens (tertiary/aromatic N) is 3. The van der Waals surface area contributed by atoms with Gasteiger partial charge in [0.15, 0.2) is 0 Å². The van der Waals surface area contributed by atoms with Crippen molar-refractivity contribution < 1.29 is 13.9 Å². The topological polar surface area (TPSA) is 83.1 Å². The van der Waals surface area contributed by atoms with E-state index in [2.05, 4.69) is 25.4 Å². The maximum absolute atomic E-state index is 13.7. The first-order valence-corrected chi connectivity index (χ1v) is 7.93. The van der Waals surface area contributed by atoms with Gasteiger partial charge in [0, 0.05) is 31.7 Å². The van der Waals surface area contributed by atoms with Crippen LogP contribution in [0.25, 0.3) is 0 Å². The second kappa shape index (κ2) is 7.98. The molecule has 8 heteroatoms. The van der Waals surface area contributed by atoms with Crippen molar-refractivity contribution in [2.45, 2.75) is 19.1 Å². The molecule has 2 N–H and O–H groups in total. The van der Waals surface area contributed by atoms with Crippen LogP contribution in [-0.2, 0) is 11.3 Å². The van der Waals surface area contributed by atoms with Crippen molar-refractivity contribution >= 4 is 5.91 Å². The fraction of sp³-hybridized carbons (Fsp3) is 0.438. The van der Waals surface area contributed by atoms with Gasteiger partial charge in [0.2, 0.25) is 5.82 Å². The number of amides is 1. The SMILES string of the molecule is O=C(NCC[C@@H]1CN(Cc2ccccc2F)CCO1)c1ncn[nH]1. The smallest absolute Gasteiger partial charge is 0.288 e. The van der Waals surface area contributed by atoms with Gasteiger partial charge in [0.25, 0.3) is 5.91 Å². The Kier molecular flexibility index (Phi) is 5.50. The Hall–Kier alpha value is -2.32. The highest BCUT2D eigenvalue weighted by Gasteiger charge is 2.21. The fourth-order valence-electron chi connectivity index (χ4n) is 2.71. The number of H-pyrrole nitrogens is 1. The minimum absolute atomic E-state index is 0.0144. The molecule has 0 unspecified atom stereocenters. The number of benzene rings is 1. The molecule has 2 heterocycles. The lowest BCUT2D eigenvalue weighted by molar-refractivity contribution is -0.0344. The molecule has 1 aliphatic rings. The van der Waals surface area contributed by atoms with Crippen molar-refractivity contribution in [2.75, 3.05) is 26.2 Å². The van der Waals surface area contributed by atoms with Crippen molar-refractivity contribution in [2.24, 2.45) is 0 Å². The summed E-state index contributed by atoms with van der Waals surface area (Å²) in [7, 11) is 0. The summed E-state index contributed by atoms with van der Waals surface area (Å²) in [4.78, 5) is 17.7. The van der Waals surface area contributed by atoms with Gasteiger partial charge in [-0.05, 0) is 12.5 Å². The maximum atomic E-state index is 13.7. The summed E-state index contributed by atoms with van der Waals surface area (Å²) >= 11 is 0. The summed E-state index contributed by atoms with van der Waals surface area (Å²) in [6.07, 6.45) is 1.99. The van der Waals surface area contributed by atoms with Gasteiger partial charge in [0.05, 0.1) is 12.7 Å². The molecule has 24 heavy (non-hydrogen) atoms. The van der Waals surface area contributed by atoms with Crippen LogP contribution in [0.4, 0.5) is 4.39 Å². The number of nitrogens with one attached hydrogen (secondary N) is 2. The Bertz CT molecular complexity index is 664. The third kappa shape index (κ3) is 4.36. The van der Waals surface area contributed by atoms with Gasteiger partial charge in [-0.1, -0.05) is 18.2 Å². The van der Waals surface area contributed by atoms with E-state index in [0.717, 1.165) is 6.54 Å². The molecule has 0 saturated carbocycles. The van der Waals surface area contributed by atoms with Crippen molar-refractivity contribution in [1.29, 1.82) is 0 Å². The van der Waals surface area contributed by atoms with Crippen molar-refractivity contribution in [1.82, 2.24) is 25.4 Å². The molecule has 1 saturated heterocycles. The zero-order valence-corrected chi connectivity index (χ0v) is 13.2. The average Bonchev–Trinajstić information content (AvgIpc) is 3.12. The van der Waals surface area contributed by atoms with Crippen LogP contribution < -0.4 is 5.32 Å². The Balaban J connectivity index is 1.44. The largest absolute Gasteiger partial charge is 0.375 e. The first-order chi connectivity index (χ1) is 11.7. The lowest BCUT2D eigenvalue weighted by Crippen LogP contribution is -2.43. The molecule has 3 rings (SSSR count). The standard InChI is InChI=1S/C16H20FN5O2/c17-14-4-2-1-3-12(14)9-22-7-8-24-13(10-22)5-6-18-16(23)15-19-11-20-21-15/h1-4,11,13H,5-10H2,(H,18,23)(H,19,20,21)/t13-/m1/s1. The molecule has 0 spiro atoms. The van der Waals surface area contributed by atoms with Gasteiger partial charge in [-0.2, -0.15) is 5.10 Å². The fourth-order valence-corrected chi connectivity index (χ4v) is 2.71. The summed E-state index contributed by atoms with van der Waals surface area (Å²) in [5.74, 6) is -0.271. The first-order valence-electron chi connectivity index (χ1n) is 7.93. The number of rotatable bonds is 6. The van der Waals surface area contributed by atoms with Crippen LogP contribution in [0.1, 0.15) is 22.6 Å². The third-order valence-corrected chi connectivity index (χ3v) is 3.96. The molecule has 7 nitrogen and oxygen atoms in total. The Morgan fingerprint density at radius 3 is 3.12 bits per heavy atom. The van der Waals surface area contributed by atoms with E-state index in [1.54, 1.807) is 12.1 Å². The van der Waals surface area contributed by atoms with E-state index < -0.39 is 0 Å². The Morgan fingerprint density at radius 2 is 2.33 bits per heavy atom. The molecule has 0 bridgehead atoms. The van der Waals surface area contributed by atoms with E-state index in [-0.39, 0.29) is 23.7 Å². The van der Waals surface area contributed by atoms with Gasteiger partial charge in [-0.15, -0.1) is 0 Å². The van der Waals surface area contributed by atoms with Gasteiger partial charge >= 0.3 is 0 Å². The monoisotopic (exact) mass is 333 g/mol. The number of halogens is 1. The number of morpholine rings is 1. The highest BCUT2D eigenvalue weighted by molar-refractivity contribution is 5.90. The van der Waals surface area contributed by atoms with E-state index in [1.807, 2.05) is 6.07 Å². The average molecular weight is 333 g/mol. The van der Waals surface area contributed by atoms with E-state index in [4.69, 9.17) is 4.74 Å². The molecule has 128 valence electrons. The van der Waals surface area contributed by atoms with E-state index in [9.17, 15) is 9.18 Å². The number of aromatic amines is 1. The molecule has 1 aromatic heterocycles. The van der Waals surface area contributed by atoms with Gasteiger partial charge < -0.3 is 10.1 Å². The lowest BCUT2D eigenvalue weighted by Gasteiger charge is -2.33. The predicted octanol–water partition coefficient (Wildman–Crippen LogP) is 0.965. The van der Waals surface area contributed by atoms with Crippen LogP contribution in [0.2, 0.25) is 0 Å². The molecule has 1 aliphatic heterocycles. The van der Waals surface area contributed by atoms with Crippen LogP contribution in [0.5, 0.6) is 0 Å². The highest BCUT2D eigenvalue weighted by Crippen LogP contribution is 2.14. The first kappa shape index (κ1) is 16.5. The summed E-state index contributed by atoms with van der Waals surface area (Å²) in [5.41, 5.74) is 0.691. The number of carbonyl (C=O) groups excluding carboxylic acids is 1. The molecule has 1 atom stereocenters.